The van der Waals surface area contributed by atoms with Gasteiger partial charge in [0.2, 0.25) is 0 Å². The molecular formula is C18H23F3N2O5S. The molecule has 7 nitrogen and oxygen atoms in total. The summed E-state index contributed by atoms with van der Waals surface area (Å²) >= 11 is 0. The number of sulfonamides is 1. The molecule has 0 amide bonds. The second kappa shape index (κ2) is 7.77. The van der Waals surface area contributed by atoms with Crippen molar-refractivity contribution in [2.45, 2.75) is 24.9 Å². The maximum absolute atomic E-state index is 12.7. The highest BCUT2D eigenvalue weighted by molar-refractivity contribution is 7.92. The van der Waals surface area contributed by atoms with Crippen LogP contribution in [0.15, 0.2) is 24.3 Å². The van der Waals surface area contributed by atoms with Crippen LogP contribution >= 0.6 is 0 Å². The second-order valence-corrected chi connectivity index (χ2v) is 9.13. The van der Waals surface area contributed by atoms with Crippen molar-refractivity contribution in [3.05, 3.63) is 29.8 Å². The molecule has 1 aromatic rings. The summed E-state index contributed by atoms with van der Waals surface area (Å²) in [5, 5.41) is 3.29. The van der Waals surface area contributed by atoms with Crippen LogP contribution in [0.3, 0.4) is 0 Å². The van der Waals surface area contributed by atoms with Gasteiger partial charge in [-0.1, -0.05) is 23.5 Å². The minimum atomic E-state index is -5.34. The molecule has 1 aliphatic heterocycles. The molecule has 0 spiro atoms. The summed E-state index contributed by atoms with van der Waals surface area (Å²) in [6.45, 7) is 3.43. The molecule has 2 atom stereocenters. The number of methoxy groups -OCH3 is 1. The highest BCUT2D eigenvalue weighted by atomic mass is 32.2. The van der Waals surface area contributed by atoms with E-state index in [1.165, 1.54) is 19.2 Å². The summed E-state index contributed by atoms with van der Waals surface area (Å²) in [4.78, 5) is 15.7. The van der Waals surface area contributed by atoms with Gasteiger partial charge in [0.15, 0.2) is 0 Å². The number of halogens is 3. The molecule has 1 heterocycles. The Kier molecular flexibility index (Phi) is 5.85. The van der Waals surface area contributed by atoms with E-state index in [1.807, 2.05) is 13.0 Å². The van der Waals surface area contributed by atoms with Gasteiger partial charge < -0.3 is 14.9 Å². The van der Waals surface area contributed by atoms with E-state index < -0.39 is 27.9 Å². The number of carbonyl (C=O) groups excluding carboxylic acids is 1. The monoisotopic (exact) mass is 436 g/mol. The molecule has 2 aliphatic rings. The Morgan fingerprint density at radius 1 is 1.31 bits per heavy atom. The first-order valence-corrected chi connectivity index (χ1v) is 10.8. The number of anilines is 1. The number of benzene rings is 1. The molecule has 29 heavy (non-hydrogen) atoms. The molecule has 1 aliphatic carbocycles. The van der Waals surface area contributed by atoms with Crippen LogP contribution in [0.25, 0.3) is 0 Å². The molecule has 2 fully saturated rings. The topological polar surface area (TPSA) is 84.9 Å². The van der Waals surface area contributed by atoms with Crippen molar-refractivity contribution < 1.29 is 36.0 Å². The fraction of sp³-hybridized carbons (Fsp3) is 0.611. The van der Waals surface area contributed by atoms with Crippen molar-refractivity contribution in [2.24, 2.45) is 11.8 Å². The number of nitrogens with zero attached hydrogens (tertiary/aromatic N) is 1. The van der Waals surface area contributed by atoms with Gasteiger partial charge in [-0.05, 0) is 49.0 Å². The first kappa shape index (κ1) is 21.8. The van der Waals surface area contributed by atoms with Gasteiger partial charge in [-0.3, -0.25) is 0 Å². The minimum absolute atomic E-state index is 0.0606. The average Bonchev–Trinajstić information content (AvgIpc) is 3.01. The van der Waals surface area contributed by atoms with Crippen LogP contribution in [0.2, 0.25) is 0 Å². The molecule has 0 aromatic heterocycles. The van der Waals surface area contributed by atoms with E-state index in [1.54, 1.807) is 6.07 Å². The van der Waals surface area contributed by atoms with Gasteiger partial charge in [0, 0.05) is 12.5 Å². The van der Waals surface area contributed by atoms with Gasteiger partial charge in [-0.25, -0.2) is 13.2 Å². The van der Waals surface area contributed by atoms with Crippen molar-refractivity contribution in [2.75, 3.05) is 37.0 Å². The lowest BCUT2D eigenvalue weighted by Gasteiger charge is -2.25. The molecule has 11 heteroatoms. The summed E-state index contributed by atoms with van der Waals surface area (Å²) in [5.41, 5.74) is 0.517. The standard InChI is InChI=1S/C18H23F3N2O5S/c1-3-17(14-10-22-11-15(14)17)12-5-4-6-13(9-12)23(28-16(24)18(19,20)21)29(25,26)8-7-27-2/h4-6,9,14-15,22H,3,7-8,10-11H2,1-2H3. The van der Waals surface area contributed by atoms with Gasteiger partial charge in [0.1, 0.15) is 0 Å². The van der Waals surface area contributed by atoms with Crippen LogP contribution < -0.4 is 9.79 Å². The summed E-state index contributed by atoms with van der Waals surface area (Å²) in [6, 6.07) is 6.19. The maximum Gasteiger partial charge on any atom is 0.493 e. The Bertz CT molecular complexity index is 864. The van der Waals surface area contributed by atoms with Gasteiger partial charge in [-0.15, -0.1) is 0 Å². The van der Waals surface area contributed by atoms with Crippen LogP contribution in [0, 0.1) is 11.8 Å². The first-order valence-electron chi connectivity index (χ1n) is 9.20. The Hall–Kier alpha value is -1.85. The van der Waals surface area contributed by atoms with Crippen molar-refractivity contribution in [1.29, 1.82) is 0 Å². The van der Waals surface area contributed by atoms with E-state index in [-0.39, 0.29) is 22.2 Å². The Labute approximate surface area is 167 Å². The number of rotatable bonds is 8. The van der Waals surface area contributed by atoms with Gasteiger partial charge in [0.05, 0.1) is 18.0 Å². The highest BCUT2D eigenvalue weighted by Gasteiger charge is 2.65. The second-order valence-electron chi connectivity index (χ2n) is 7.23. The summed E-state index contributed by atoms with van der Waals surface area (Å²) in [6.07, 6.45) is -4.53. The number of alkyl halides is 3. The van der Waals surface area contributed by atoms with E-state index in [2.05, 4.69) is 10.2 Å². The van der Waals surface area contributed by atoms with Gasteiger partial charge >= 0.3 is 12.1 Å². The van der Waals surface area contributed by atoms with E-state index >= 15 is 0 Å². The molecule has 3 rings (SSSR count). The third kappa shape index (κ3) is 3.95. The third-order valence-electron chi connectivity index (χ3n) is 5.80. The third-order valence-corrected chi connectivity index (χ3v) is 7.28. The SMILES string of the molecule is CCC1(c2cccc(N(OC(=O)C(F)(F)F)S(=O)(=O)CCOC)c2)C2CNCC21. The molecule has 162 valence electrons. The predicted octanol–water partition coefficient (Wildman–Crippen LogP) is 1.99. The molecule has 1 N–H and O–H groups in total. The van der Waals surface area contributed by atoms with Crippen molar-refractivity contribution in [1.82, 2.24) is 5.32 Å². The predicted molar refractivity (Wildman–Crippen MR) is 98.5 cm³/mol. The fourth-order valence-corrected chi connectivity index (χ4v) is 5.54. The van der Waals surface area contributed by atoms with Crippen LogP contribution in [0.4, 0.5) is 18.9 Å². The van der Waals surface area contributed by atoms with Crippen LogP contribution in [-0.2, 0) is 29.8 Å². The number of hydrogen-bond acceptors (Lipinski definition) is 6. The number of fused-ring (bicyclic) bond motifs is 1. The van der Waals surface area contributed by atoms with Crippen LogP contribution in [-0.4, -0.2) is 53.1 Å². The number of ether oxygens (including phenoxy) is 1. The maximum atomic E-state index is 12.7. The smallest absolute Gasteiger partial charge is 0.384 e. The van der Waals surface area contributed by atoms with Gasteiger partial charge in [-0.2, -0.15) is 13.2 Å². The zero-order chi connectivity index (χ0) is 21.4. The van der Waals surface area contributed by atoms with Crippen LogP contribution in [0.1, 0.15) is 18.9 Å². The minimum Gasteiger partial charge on any atom is -0.384 e. The zero-order valence-electron chi connectivity index (χ0n) is 16.0. The lowest BCUT2D eigenvalue weighted by molar-refractivity contribution is -0.199. The normalized spacial score (nSPS) is 26.1. The number of nitrogens with one attached hydrogen (secondary N) is 1. The van der Waals surface area contributed by atoms with Crippen LogP contribution in [0.5, 0.6) is 0 Å². The lowest BCUT2D eigenvalue weighted by Crippen LogP contribution is -2.40. The van der Waals surface area contributed by atoms with Crippen molar-refractivity contribution in [3.63, 3.8) is 0 Å². The molecule has 0 radical (unpaired) electrons. The molecule has 0 bridgehead atoms. The summed E-state index contributed by atoms with van der Waals surface area (Å²) in [7, 11) is -3.15. The zero-order valence-corrected chi connectivity index (χ0v) is 16.8. The number of piperidine rings is 1. The number of hydrogen-bond donors (Lipinski definition) is 1. The highest BCUT2D eigenvalue weighted by Crippen LogP contribution is 2.63. The molecule has 1 aromatic carbocycles. The number of carbonyl (C=O) groups is 1. The lowest BCUT2D eigenvalue weighted by atomic mass is 9.87. The van der Waals surface area contributed by atoms with Crippen molar-refractivity contribution >= 4 is 21.7 Å². The summed E-state index contributed by atoms with van der Waals surface area (Å²) in [5.74, 6) is -2.48. The first-order chi connectivity index (χ1) is 13.6. The van der Waals surface area contributed by atoms with Gasteiger partial charge in [0.25, 0.3) is 10.0 Å². The van der Waals surface area contributed by atoms with E-state index in [4.69, 9.17) is 4.74 Å². The Balaban J connectivity index is 1.97. The quantitative estimate of drug-likeness (QED) is 0.628. The van der Waals surface area contributed by atoms with Crippen molar-refractivity contribution in [3.8, 4) is 0 Å². The average molecular weight is 436 g/mol. The van der Waals surface area contributed by atoms with E-state index in [9.17, 15) is 26.4 Å². The molecule has 1 saturated carbocycles. The van der Waals surface area contributed by atoms with E-state index in [0.29, 0.717) is 11.8 Å². The Morgan fingerprint density at radius 3 is 2.52 bits per heavy atom. The Morgan fingerprint density at radius 2 is 1.97 bits per heavy atom. The summed E-state index contributed by atoms with van der Waals surface area (Å²) < 4.78 is 68.1. The fourth-order valence-electron chi connectivity index (χ4n) is 4.38. The molecular weight excluding hydrogens is 413 g/mol. The van der Waals surface area contributed by atoms with E-state index in [0.717, 1.165) is 25.1 Å². The molecule has 1 saturated heterocycles. The molecule has 2 unspecified atom stereocenters. The largest absolute Gasteiger partial charge is 0.493 e.